The number of rotatable bonds is 9. The predicted molar refractivity (Wildman–Crippen MR) is 125 cm³/mol. The van der Waals surface area contributed by atoms with Crippen LogP contribution >= 0.6 is 23.5 Å². The van der Waals surface area contributed by atoms with E-state index in [-0.39, 0.29) is 23.6 Å². The van der Waals surface area contributed by atoms with E-state index >= 15 is 0 Å². The maximum atomic E-state index is 12.7. The zero-order valence-corrected chi connectivity index (χ0v) is 19.7. The number of carboxylic acids is 1. The van der Waals surface area contributed by atoms with E-state index in [9.17, 15) is 24.3 Å². The summed E-state index contributed by atoms with van der Waals surface area (Å²) in [7, 11) is 0. The first-order valence-electron chi connectivity index (χ1n) is 10.8. The van der Waals surface area contributed by atoms with Crippen molar-refractivity contribution < 1.29 is 24.3 Å². The van der Waals surface area contributed by atoms with Crippen LogP contribution in [-0.4, -0.2) is 74.1 Å². The van der Waals surface area contributed by atoms with Crippen molar-refractivity contribution in [1.29, 1.82) is 0 Å². The molecule has 11 heteroatoms. The van der Waals surface area contributed by atoms with Gasteiger partial charge in [0, 0.05) is 11.5 Å². The minimum Gasteiger partial charge on any atom is -0.479 e. The molecule has 2 aliphatic heterocycles. The Morgan fingerprint density at radius 1 is 1.38 bits per heavy atom. The first-order valence-corrected chi connectivity index (χ1v) is 12.8. The number of unbranched alkanes of at least 4 members (excludes halogenated alkanes) is 2. The van der Waals surface area contributed by atoms with E-state index in [1.807, 2.05) is 18.2 Å². The van der Waals surface area contributed by atoms with Gasteiger partial charge in [-0.15, -0.1) is 11.8 Å². The van der Waals surface area contributed by atoms with E-state index in [4.69, 9.17) is 5.73 Å². The molecule has 2 fully saturated rings. The van der Waals surface area contributed by atoms with Crippen molar-refractivity contribution in [2.75, 3.05) is 18.1 Å². The molecule has 32 heavy (non-hydrogen) atoms. The van der Waals surface area contributed by atoms with Crippen molar-refractivity contribution >= 4 is 46.5 Å². The number of hydrogen-bond donors (Lipinski definition) is 4. The average molecular weight is 483 g/mol. The van der Waals surface area contributed by atoms with Gasteiger partial charge in [0.25, 0.3) is 5.24 Å². The van der Waals surface area contributed by atoms with Gasteiger partial charge >= 0.3 is 5.97 Å². The minimum atomic E-state index is -1.55. The lowest BCUT2D eigenvalue weighted by Crippen LogP contribution is -2.78. The molecule has 9 nitrogen and oxygen atoms in total. The summed E-state index contributed by atoms with van der Waals surface area (Å²) in [5, 5.41) is 14.4. The number of carbonyl (C=O) groups excluding carboxylic acids is 3. The second-order valence-electron chi connectivity index (χ2n) is 8.18. The Bertz CT molecular complexity index is 833. The van der Waals surface area contributed by atoms with Crippen LogP contribution in [0.3, 0.4) is 0 Å². The highest BCUT2D eigenvalue weighted by Crippen LogP contribution is 2.39. The van der Waals surface area contributed by atoms with Crippen molar-refractivity contribution in [3.63, 3.8) is 0 Å². The monoisotopic (exact) mass is 482 g/mol. The van der Waals surface area contributed by atoms with Crippen molar-refractivity contribution in [2.24, 2.45) is 5.73 Å². The molecule has 0 bridgehead atoms. The molecule has 3 amide bonds. The van der Waals surface area contributed by atoms with Gasteiger partial charge in [-0.2, -0.15) is 0 Å². The van der Waals surface area contributed by atoms with E-state index < -0.39 is 34.7 Å². The molecule has 0 aromatic heterocycles. The molecule has 2 heterocycles. The standard InChI is InChI=1S/C21H30N4O5S2/c1-2-3-7-10-31-20(30)24-21(19(28)29)11-25-17(27)15(18(25)32-12-21)23-16(26)14(22)13-8-5-4-6-9-13/h4-5,9,14-15,18H,2-3,6-8,10-12,22H2,1H3,(H,23,26)(H,24,30)(H,28,29)/t14?,15?,18-,21?/m1/s1. The largest absolute Gasteiger partial charge is 0.479 e. The second kappa shape index (κ2) is 10.8. The van der Waals surface area contributed by atoms with Gasteiger partial charge in [-0.1, -0.05) is 49.8 Å². The molecule has 176 valence electrons. The van der Waals surface area contributed by atoms with Crippen LogP contribution in [-0.2, 0) is 14.4 Å². The summed E-state index contributed by atoms with van der Waals surface area (Å²) in [5.74, 6) is -1.24. The first kappa shape index (κ1) is 24.7. The van der Waals surface area contributed by atoms with E-state index in [0.717, 1.165) is 43.0 Å². The average Bonchev–Trinajstić information content (AvgIpc) is 2.80. The molecule has 4 atom stereocenters. The molecule has 0 radical (unpaired) electrons. The molecule has 1 aliphatic carbocycles. The van der Waals surface area contributed by atoms with Gasteiger partial charge in [0.1, 0.15) is 17.5 Å². The summed E-state index contributed by atoms with van der Waals surface area (Å²) in [5.41, 5.74) is 5.32. The highest BCUT2D eigenvalue weighted by molar-refractivity contribution is 8.13. The molecule has 0 spiro atoms. The first-order chi connectivity index (χ1) is 15.3. The summed E-state index contributed by atoms with van der Waals surface area (Å²) in [6.45, 7) is 1.94. The summed E-state index contributed by atoms with van der Waals surface area (Å²) >= 11 is 2.31. The van der Waals surface area contributed by atoms with Crippen LogP contribution in [0.4, 0.5) is 4.79 Å². The molecule has 3 aliphatic rings. The Hall–Kier alpha value is -1.98. The van der Waals surface area contributed by atoms with Gasteiger partial charge in [0.15, 0.2) is 5.54 Å². The number of β-lactam (4-membered cyclic amide) rings is 1. The smallest absolute Gasteiger partial charge is 0.332 e. The Labute approximate surface area is 196 Å². The molecule has 2 saturated heterocycles. The number of amides is 3. The number of allylic oxidation sites excluding steroid dienone is 3. The third-order valence-corrected chi connectivity index (χ3v) is 8.21. The number of aliphatic carboxylic acids is 1. The van der Waals surface area contributed by atoms with Crippen LogP contribution in [0.15, 0.2) is 23.8 Å². The van der Waals surface area contributed by atoms with Gasteiger partial charge in [-0.05, 0) is 24.8 Å². The highest BCUT2D eigenvalue weighted by Gasteiger charge is 2.58. The number of nitrogens with two attached hydrogens (primary N) is 1. The summed E-state index contributed by atoms with van der Waals surface area (Å²) < 4.78 is 0. The Morgan fingerprint density at radius 3 is 2.81 bits per heavy atom. The molecule has 0 saturated carbocycles. The van der Waals surface area contributed by atoms with Crippen molar-refractivity contribution in [3.05, 3.63) is 23.8 Å². The van der Waals surface area contributed by atoms with Crippen LogP contribution in [0.1, 0.15) is 39.0 Å². The number of thioether (sulfide) groups is 2. The predicted octanol–water partition coefficient (Wildman–Crippen LogP) is 1.45. The van der Waals surface area contributed by atoms with Gasteiger partial charge in [-0.25, -0.2) is 4.79 Å². The van der Waals surface area contributed by atoms with Crippen LogP contribution in [0.25, 0.3) is 0 Å². The third-order valence-electron chi connectivity index (χ3n) is 5.83. The Morgan fingerprint density at radius 2 is 2.16 bits per heavy atom. The lowest BCUT2D eigenvalue weighted by molar-refractivity contribution is -0.155. The maximum Gasteiger partial charge on any atom is 0.332 e. The van der Waals surface area contributed by atoms with Crippen LogP contribution < -0.4 is 16.4 Å². The molecule has 3 rings (SSSR count). The summed E-state index contributed by atoms with van der Waals surface area (Å²) in [6, 6.07) is -1.57. The quantitative estimate of drug-likeness (QED) is 0.220. The number of nitrogens with one attached hydrogen (secondary N) is 2. The molecule has 3 unspecified atom stereocenters. The molecular weight excluding hydrogens is 452 g/mol. The van der Waals surface area contributed by atoms with Crippen molar-refractivity contribution in [1.82, 2.24) is 15.5 Å². The van der Waals surface area contributed by atoms with E-state index in [1.165, 1.54) is 16.7 Å². The normalized spacial score (nSPS) is 27.6. The van der Waals surface area contributed by atoms with Crippen molar-refractivity contribution in [3.8, 4) is 0 Å². The minimum absolute atomic E-state index is 0.104. The molecule has 5 N–H and O–H groups in total. The third kappa shape index (κ3) is 5.32. The van der Waals surface area contributed by atoms with Crippen LogP contribution in [0, 0.1) is 0 Å². The zero-order chi connectivity index (χ0) is 23.3. The van der Waals surface area contributed by atoms with Gasteiger partial charge in [0.05, 0.1) is 6.54 Å². The number of carbonyl (C=O) groups is 4. The second-order valence-corrected chi connectivity index (χ2v) is 10.3. The summed E-state index contributed by atoms with van der Waals surface area (Å²) in [4.78, 5) is 51.0. The highest BCUT2D eigenvalue weighted by atomic mass is 32.2. The van der Waals surface area contributed by atoms with Gasteiger partial charge in [-0.3, -0.25) is 14.4 Å². The fourth-order valence-corrected chi connectivity index (χ4v) is 6.14. The van der Waals surface area contributed by atoms with Crippen LogP contribution in [0.5, 0.6) is 0 Å². The van der Waals surface area contributed by atoms with Crippen LogP contribution in [0.2, 0.25) is 0 Å². The van der Waals surface area contributed by atoms with E-state index in [0.29, 0.717) is 12.2 Å². The van der Waals surface area contributed by atoms with E-state index in [2.05, 4.69) is 17.6 Å². The van der Waals surface area contributed by atoms with E-state index in [1.54, 1.807) is 0 Å². The fourth-order valence-electron chi connectivity index (χ4n) is 3.87. The zero-order valence-electron chi connectivity index (χ0n) is 18.0. The Kier molecular flexibility index (Phi) is 8.29. The number of fused-ring (bicyclic) bond motifs is 1. The molecular formula is C21H30N4O5S2. The number of carboxylic acid groups (broad SMARTS) is 1. The number of hydrogen-bond acceptors (Lipinski definition) is 7. The maximum absolute atomic E-state index is 12.7. The Balaban J connectivity index is 1.56. The molecule has 0 aromatic carbocycles. The SMILES string of the molecule is CCCCCSC(=O)NC1(C(=O)O)CS[C@@H]2C(NC(=O)C(N)C3=CCC=CC3)C(=O)N2C1. The topological polar surface area (TPSA) is 142 Å². The lowest BCUT2D eigenvalue weighted by Gasteiger charge is -2.53. The fraction of sp³-hybridized carbons (Fsp3) is 0.619. The van der Waals surface area contributed by atoms with Gasteiger partial charge < -0.3 is 26.4 Å². The van der Waals surface area contributed by atoms with Gasteiger partial charge in [0.2, 0.25) is 11.8 Å². The molecule has 0 aromatic rings. The van der Waals surface area contributed by atoms with Crippen molar-refractivity contribution in [2.45, 2.75) is 62.0 Å². The number of nitrogens with zero attached hydrogens (tertiary/aromatic N) is 1. The lowest BCUT2D eigenvalue weighted by atomic mass is 9.95. The summed E-state index contributed by atoms with van der Waals surface area (Å²) in [6.07, 6.45) is 10.1.